The highest BCUT2D eigenvalue weighted by molar-refractivity contribution is 9.10. The summed E-state index contributed by atoms with van der Waals surface area (Å²) in [7, 11) is -0.932. The lowest BCUT2D eigenvalue weighted by Gasteiger charge is -2.32. The summed E-state index contributed by atoms with van der Waals surface area (Å²) in [5, 5.41) is 0. The third-order valence-electron chi connectivity index (χ3n) is 4.61. The van der Waals surface area contributed by atoms with Crippen molar-refractivity contribution in [3.05, 3.63) is 46.1 Å². The Morgan fingerprint density at radius 3 is 2.22 bits per heavy atom. The molecule has 0 bridgehead atoms. The van der Waals surface area contributed by atoms with E-state index in [1.165, 1.54) is 0 Å². The van der Waals surface area contributed by atoms with Gasteiger partial charge in [0, 0.05) is 4.47 Å². The van der Waals surface area contributed by atoms with E-state index in [4.69, 9.17) is 9.31 Å². The number of halogens is 2. The van der Waals surface area contributed by atoms with Gasteiger partial charge < -0.3 is 9.31 Å². The van der Waals surface area contributed by atoms with Crippen molar-refractivity contribution in [1.82, 2.24) is 0 Å². The molecule has 1 aliphatic rings. The van der Waals surface area contributed by atoms with E-state index in [0.29, 0.717) is 0 Å². The summed E-state index contributed by atoms with van der Waals surface area (Å²) < 4.78 is 27.3. The van der Waals surface area contributed by atoms with E-state index >= 15 is 0 Å². The van der Waals surface area contributed by atoms with Gasteiger partial charge in [-0.2, -0.15) is 0 Å². The Bertz CT molecular complexity index is 595. The predicted molar refractivity (Wildman–Crippen MR) is 96.9 cm³/mol. The molecule has 0 amide bonds. The van der Waals surface area contributed by atoms with Crippen LogP contribution >= 0.6 is 15.9 Å². The molecule has 2 nitrogen and oxygen atoms in total. The van der Waals surface area contributed by atoms with Crippen LogP contribution in [-0.4, -0.2) is 18.3 Å². The zero-order valence-electron chi connectivity index (χ0n) is 14.7. The third-order valence-corrected chi connectivity index (χ3v) is 5.38. The summed E-state index contributed by atoms with van der Waals surface area (Å²) in [5.74, 6) is 0. The molecule has 0 radical (unpaired) electrons. The van der Waals surface area contributed by atoms with E-state index in [-0.39, 0.29) is 11.1 Å². The fourth-order valence-electron chi connectivity index (χ4n) is 2.58. The second kappa shape index (κ2) is 6.34. The molecular weight excluding hydrogens is 358 g/mol. The Morgan fingerprint density at radius 1 is 1.17 bits per heavy atom. The Hall–Kier alpha value is -0.645. The normalized spacial score (nSPS) is 20.9. The van der Waals surface area contributed by atoms with Gasteiger partial charge in [0.2, 0.25) is 0 Å². The van der Waals surface area contributed by atoms with Gasteiger partial charge in [-0.3, -0.25) is 0 Å². The highest BCUT2D eigenvalue weighted by atomic mass is 79.9. The van der Waals surface area contributed by atoms with Gasteiger partial charge in [0.25, 0.3) is 0 Å². The van der Waals surface area contributed by atoms with Crippen molar-refractivity contribution in [2.75, 3.05) is 0 Å². The molecule has 0 N–H and O–H groups in total. The van der Waals surface area contributed by atoms with Crippen LogP contribution in [0, 0.1) is 5.41 Å². The predicted octanol–water partition coefficient (Wildman–Crippen LogP) is 5.50. The minimum absolute atomic E-state index is 0.350. The van der Waals surface area contributed by atoms with E-state index in [2.05, 4.69) is 15.9 Å². The molecule has 126 valence electrons. The quantitative estimate of drug-likeness (QED) is 0.639. The van der Waals surface area contributed by atoms with Crippen LogP contribution in [0.2, 0.25) is 0 Å². The average molecular weight is 383 g/mol. The van der Waals surface area contributed by atoms with Crippen LogP contribution in [0.1, 0.15) is 47.1 Å². The summed E-state index contributed by atoms with van der Waals surface area (Å²) in [6.07, 6.45) is 2.34. The maximum absolute atomic E-state index is 14.7. The maximum Gasteiger partial charge on any atom is 0.524 e. The lowest BCUT2D eigenvalue weighted by atomic mass is 9.79. The van der Waals surface area contributed by atoms with Crippen LogP contribution in [0.5, 0.6) is 0 Å². The van der Waals surface area contributed by atoms with E-state index in [0.717, 1.165) is 16.5 Å². The number of rotatable bonds is 4. The molecule has 5 heteroatoms. The lowest BCUT2D eigenvalue weighted by molar-refractivity contribution is 0.00578. The zero-order valence-corrected chi connectivity index (χ0v) is 16.3. The van der Waals surface area contributed by atoms with Crippen molar-refractivity contribution in [3.8, 4) is 0 Å². The molecule has 0 aliphatic carbocycles. The van der Waals surface area contributed by atoms with Crippen LogP contribution in [0.15, 0.2) is 40.5 Å². The van der Waals surface area contributed by atoms with E-state index in [1.807, 2.05) is 65.8 Å². The van der Waals surface area contributed by atoms with Gasteiger partial charge in [0.05, 0.1) is 11.2 Å². The Labute approximate surface area is 147 Å². The van der Waals surface area contributed by atoms with Gasteiger partial charge in [-0.25, -0.2) is 4.39 Å². The number of hydrogen-bond donors (Lipinski definition) is 0. The van der Waals surface area contributed by atoms with Crippen LogP contribution in [-0.2, 0) is 15.7 Å². The van der Waals surface area contributed by atoms with Gasteiger partial charge in [0.15, 0.2) is 0 Å². The van der Waals surface area contributed by atoms with E-state index < -0.39 is 18.3 Å². The van der Waals surface area contributed by atoms with Gasteiger partial charge in [-0.05, 0) is 51.2 Å². The Balaban J connectivity index is 2.15. The van der Waals surface area contributed by atoms with Crippen LogP contribution < -0.4 is 0 Å². The van der Waals surface area contributed by atoms with Gasteiger partial charge in [0.1, 0.15) is 5.73 Å². The largest absolute Gasteiger partial charge is 0.524 e. The van der Waals surface area contributed by atoms with Gasteiger partial charge in [-0.15, -0.1) is 0 Å². The third kappa shape index (κ3) is 4.26. The van der Waals surface area contributed by atoms with Crippen molar-refractivity contribution in [3.63, 3.8) is 0 Å². The second-order valence-corrected chi connectivity index (χ2v) is 8.73. The van der Waals surface area contributed by atoms with E-state index in [9.17, 15) is 4.39 Å². The minimum Gasteiger partial charge on any atom is -0.398 e. The summed E-state index contributed by atoms with van der Waals surface area (Å²) in [6, 6.07) is 8.01. The van der Waals surface area contributed by atoms with Crippen molar-refractivity contribution < 1.29 is 13.7 Å². The molecule has 1 aromatic carbocycles. The van der Waals surface area contributed by atoms with Crippen LogP contribution in [0.3, 0.4) is 0 Å². The van der Waals surface area contributed by atoms with Crippen molar-refractivity contribution in [1.29, 1.82) is 0 Å². The molecule has 0 spiro atoms. The molecule has 0 unspecified atom stereocenters. The Morgan fingerprint density at radius 2 is 1.70 bits per heavy atom. The highest BCUT2D eigenvalue weighted by Gasteiger charge is 2.53. The molecule has 0 atom stereocenters. The van der Waals surface area contributed by atoms with Crippen LogP contribution in [0.25, 0.3) is 0 Å². The first-order chi connectivity index (χ1) is 10.4. The maximum atomic E-state index is 14.7. The zero-order chi connectivity index (χ0) is 17.5. The monoisotopic (exact) mass is 382 g/mol. The molecular formula is C18H25BBrFO2. The average Bonchev–Trinajstić information content (AvgIpc) is 2.61. The molecule has 0 saturated carbocycles. The Kier molecular flexibility index (Phi) is 5.15. The van der Waals surface area contributed by atoms with E-state index in [1.54, 1.807) is 6.08 Å². The molecule has 1 aromatic rings. The topological polar surface area (TPSA) is 18.5 Å². The SMILES string of the molecule is CC(C)(C=C(F)B1OC(C)(C)C(C)(C)O1)Cc1ccccc1Br. The van der Waals surface area contributed by atoms with Gasteiger partial charge in [-0.1, -0.05) is 54.1 Å². The molecule has 0 aromatic heterocycles. The fourth-order valence-corrected chi connectivity index (χ4v) is 3.01. The minimum atomic E-state index is -0.932. The van der Waals surface area contributed by atoms with Crippen molar-refractivity contribution >= 4 is 23.0 Å². The first kappa shape index (κ1) is 18.7. The standard InChI is InChI=1S/C18H25BBrFO2/c1-16(2,11-13-9-7-8-10-14(13)20)12-15(21)19-22-17(3,4)18(5,6)23-19/h7-10,12H,11H2,1-6H3. The molecule has 1 fully saturated rings. The van der Waals surface area contributed by atoms with Crippen LogP contribution in [0.4, 0.5) is 4.39 Å². The molecule has 2 rings (SSSR count). The molecule has 1 heterocycles. The molecule has 23 heavy (non-hydrogen) atoms. The van der Waals surface area contributed by atoms with Crippen molar-refractivity contribution in [2.24, 2.45) is 5.41 Å². The summed E-state index contributed by atoms with van der Waals surface area (Å²) in [6.45, 7) is 11.7. The highest BCUT2D eigenvalue weighted by Crippen LogP contribution is 2.40. The molecule has 1 aliphatic heterocycles. The van der Waals surface area contributed by atoms with Crippen molar-refractivity contribution in [2.45, 2.75) is 59.2 Å². The second-order valence-electron chi connectivity index (χ2n) is 7.87. The smallest absolute Gasteiger partial charge is 0.398 e. The first-order valence-electron chi connectivity index (χ1n) is 7.91. The summed E-state index contributed by atoms with van der Waals surface area (Å²) >= 11 is 3.55. The lowest BCUT2D eigenvalue weighted by Crippen LogP contribution is -2.41. The number of hydrogen-bond acceptors (Lipinski definition) is 2. The number of allylic oxidation sites excluding steroid dienone is 1. The van der Waals surface area contributed by atoms with Gasteiger partial charge >= 0.3 is 7.12 Å². The fraction of sp³-hybridized carbons (Fsp3) is 0.556. The molecule has 1 saturated heterocycles. The summed E-state index contributed by atoms with van der Waals surface area (Å²) in [5.41, 5.74) is -0.626. The first-order valence-corrected chi connectivity index (χ1v) is 8.70. The number of benzene rings is 1. The summed E-state index contributed by atoms with van der Waals surface area (Å²) in [4.78, 5) is 0.